The molecule has 2 N–H and O–H groups in total. The van der Waals surface area contributed by atoms with E-state index >= 15 is 0 Å². The van der Waals surface area contributed by atoms with Crippen LogP contribution in [0.4, 0.5) is 5.69 Å². The van der Waals surface area contributed by atoms with Crippen LogP contribution in [0.1, 0.15) is 17.2 Å². The molecule has 0 saturated heterocycles. The minimum absolute atomic E-state index is 0.0735. The molecule has 2 aromatic carbocycles. The van der Waals surface area contributed by atoms with Gasteiger partial charge in [0.2, 0.25) is 0 Å². The summed E-state index contributed by atoms with van der Waals surface area (Å²) in [5.74, 6) is 0.529. The van der Waals surface area contributed by atoms with Crippen LogP contribution >= 0.6 is 11.6 Å². The molecule has 104 valence electrons. The maximum atomic E-state index is 6.10. The summed E-state index contributed by atoms with van der Waals surface area (Å²) in [6.07, 6.45) is 0.872. The number of rotatable bonds is 3. The van der Waals surface area contributed by atoms with Gasteiger partial charge in [0.25, 0.3) is 0 Å². The van der Waals surface area contributed by atoms with Crippen LogP contribution in [0.5, 0.6) is 5.75 Å². The first-order chi connectivity index (χ1) is 9.75. The molecule has 3 nitrogen and oxygen atoms in total. The van der Waals surface area contributed by atoms with Crippen molar-refractivity contribution in [2.75, 3.05) is 18.9 Å². The van der Waals surface area contributed by atoms with E-state index in [1.807, 2.05) is 12.1 Å². The van der Waals surface area contributed by atoms with Crippen LogP contribution in [-0.4, -0.2) is 13.2 Å². The Balaban J connectivity index is 1.77. The van der Waals surface area contributed by atoms with E-state index in [0.717, 1.165) is 6.42 Å². The fourth-order valence-corrected chi connectivity index (χ4v) is 2.69. The maximum Gasteiger partial charge on any atom is 0.160 e. The summed E-state index contributed by atoms with van der Waals surface area (Å²) in [4.78, 5) is 0. The molecule has 1 unspecified atom stereocenters. The van der Waals surface area contributed by atoms with Gasteiger partial charge in [-0.25, -0.2) is 0 Å². The largest absolute Gasteiger partial charge is 0.487 e. The van der Waals surface area contributed by atoms with Gasteiger partial charge < -0.3 is 15.2 Å². The molecule has 0 spiro atoms. The molecular formula is C16H16ClNO2. The third-order valence-corrected chi connectivity index (χ3v) is 3.77. The number of fused-ring (bicyclic) bond motifs is 1. The highest BCUT2D eigenvalue weighted by Crippen LogP contribution is 2.33. The Labute approximate surface area is 123 Å². The van der Waals surface area contributed by atoms with Gasteiger partial charge in [-0.3, -0.25) is 0 Å². The summed E-state index contributed by atoms with van der Waals surface area (Å²) < 4.78 is 11.6. The summed E-state index contributed by atoms with van der Waals surface area (Å²) in [5.41, 5.74) is 8.93. The molecule has 0 amide bonds. The lowest BCUT2D eigenvalue weighted by Crippen LogP contribution is -2.21. The molecular weight excluding hydrogens is 274 g/mol. The third kappa shape index (κ3) is 2.60. The van der Waals surface area contributed by atoms with Crippen molar-refractivity contribution in [3.8, 4) is 5.75 Å². The van der Waals surface area contributed by atoms with Crippen molar-refractivity contribution >= 4 is 17.3 Å². The average Bonchev–Trinajstić information content (AvgIpc) is 2.47. The van der Waals surface area contributed by atoms with Gasteiger partial charge in [-0.15, -0.1) is 0 Å². The lowest BCUT2D eigenvalue weighted by molar-refractivity contribution is 0.0104. The van der Waals surface area contributed by atoms with Crippen LogP contribution in [-0.2, 0) is 11.2 Å². The summed E-state index contributed by atoms with van der Waals surface area (Å²) in [6.45, 7) is 1.12. The molecule has 20 heavy (non-hydrogen) atoms. The molecule has 0 fully saturated rings. The maximum absolute atomic E-state index is 6.10. The Morgan fingerprint density at radius 1 is 1.20 bits per heavy atom. The monoisotopic (exact) mass is 289 g/mol. The summed E-state index contributed by atoms with van der Waals surface area (Å²) in [6, 6.07) is 13.6. The van der Waals surface area contributed by atoms with E-state index in [2.05, 4.69) is 12.1 Å². The van der Waals surface area contributed by atoms with Crippen LogP contribution in [0, 0.1) is 0 Å². The van der Waals surface area contributed by atoms with Gasteiger partial charge in [-0.05, 0) is 29.7 Å². The number of nitrogens with two attached hydrogens (primary N) is 1. The van der Waals surface area contributed by atoms with E-state index < -0.39 is 0 Å². The van der Waals surface area contributed by atoms with Gasteiger partial charge >= 0.3 is 0 Å². The fraction of sp³-hybridized carbons (Fsp3) is 0.250. The van der Waals surface area contributed by atoms with Crippen molar-refractivity contribution < 1.29 is 9.47 Å². The first kappa shape index (κ1) is 13.3. The number of hydrogen-bond donors (Lipinski definition) is 1. The van der Waals surface area contributed by atoms with Crippen molar-refractivity contribution in [2.24, 2.45) is 0 Å². The fourth-order valence-electron chi connectivity index (χ4n) is 2.45. The van der Waals surface area contributed by atoms with Crippen molar-refractivity contribution in [3.05, 3.63) is 58.6 Å². The second-order valence-electron chi connectivity index (χ2n) is 4.78. The van der Waals surface area contributed by atoms with Gasteiger partial charge in [-0.1, -0.05) is 41.9 Å². The van der Waals surface area contributed by atoms with Crippen molar-refractivity contribution in [1.29, 1.82) is 0 Å². The highest BCUT2D eigenvalue weighted by molar-refractivity contribution is 6.32. The van der Waals surface area contributed by atoms with Crippen LogP contribution in [0.2, 0.25) is 5.02 Å². The minimum atomic E-state index is -0.0735. The number of para-hydroxylation sites is 1. The van der Waals surface area contributed by atoms with E-state index in [4.69, 9.17) is 26.8 Å². The van der Waals surface area contributed by atoms with Crippen molar-refractivity contribution in [3.63, 3.8) is 0 Å². The standard InChI is InChI=1S/C16H16ClNO2/c17-13-6-3-7-14(18)16(13)20-10-15-12-5-2-1-4-11(12)8-9-19-15/h1-7,15H,8-10,18H2. The predicted molar refractivity (Wildman–Crippen MR) is 80.2 cm³/mol. The molecule has 0 aliphatic carbocycles. The highest BCUT2D eigenvalue weighted by Gasteiger charge is 2.21. The molecule has 3 rings (SSSR count). The Morgan fingerprint density at radius 2 is 2.05 bits per heavy atom. The number of benzene rings is 2. The molecule has 0 bridgehead atoms. The lowest BCUT2D eigenvalue weighted by Gasteiger charge is -2.26. The third-order valence-electron chi connectivity index (χ3n) is 3.47. The zero-order valence-corrected chi connectivity index (χ0v) is 11.8. The number of halogens is 1. The zero-order valence-electron chi connectivity index (χ0n) is 11.0. The zero-order chi connectivity index (χ0) is 13.9. The van der Waals surface area contributed by atoms with E-state index in [-0.39, 0.29) is 6.10 Å². The Bertz CT molecular complexity index is 595. The lowest BCUT2D eigenvalue weighted by atomic mass is 9.98. The second-order valence-corrected chi connectivity index (χ2v) is 5.18. The first-order valence-corrected chi connectivity index (χ1v) is 6.99. The van der Waals surface area contributed by atoms with Gasteiger partial charge in [0, 0.05) is 0 Å². The van der Waals surface area contributed by atoms with E-state index in [9.17, 15) is 0 Å². The second kappa shape index (κ2) is 5.73. The number of anilines is 1. The predicted octanol–water partition coefficient (Wildman–Crippen LogP) is 3.62. The molecule has 1 heterocycles. The Kier molecular flexibility index (Phi) is 3.81. The van der Waals surface area contributed by atoms with Gasteiger partial charge in [0.15, 0.2) is 5.75 Å². The Hall–Kier alpha value is -1.71. The number of nitrogen functional groups attached to an aromatic ring is 1. The average molecular weight is 290 g/mol. The number of hydrogen-bond acceptors (Lipinski definition) is 3. The SMILES string of the molecule is Nc1cccc(Cl)c1OCC1OCCc2ccccc21. The first-order valence-electron chi connectivity index (χ1n) is 6.62. The van der Waals surface area contributed by atoms with Gasteiger partial charge in [-0.2, -0.15) is 0 Å². The molecule has 1 aliphatic rings. The smallest absolute Gasteiger partial charge is 0.160 e. The molecule has 0 aromatic heterocycles. The topological polar surface area (TPSA) is 44.5 Å². The van der Waals surface area contributed by atoms with Crippen molar-refractivity contribution in [1.82, 2.24) is 0 Å². The normalized spacial score (nSPS) is 17.6. The van der Waals surface area contributed by atoms with Crippen LogP contribution in [0.15, 0.2) is 42.5 Å². The highest BCUT2D eigenvalue weighted by atomic mass is 35.5. The summed E-state index contributed by atoms with van der Waals surface area (Å²) in [5, 5.41) is 0.522. The number of ether oxygens (including phenoxy) is 2. The summed E-state index contributed by atoms with van der Waals surface area (Å²) >= 11 is 6.10. The van der Waals surface area contributed by atoms with E-state index in [0.29, 0.717) is 29.7 Å². The van der Waals surface area contributed by atoms with Gasteiger partial charge in [0.05, 0.1) is 17.3 Å². The molecule has 0 radical (unpaired) electrons. The van der Waals surface area contributed by atoms with E-state index in [1.165, 1.54) is 11.1 Å². The molecule has 2 aromatic rings. The Morgan fingerprint density at radius 3 is 2.90 bits per heavy atom. The van der Waals surface area contributed by atoms with Crippen LogP contribution in [0.25, 0.3) is 0 Å². The molecule has 0 saturated carbocycles. The van der Waals surface area contributed by atoms with Gasteiger partial charge in [0.1, 0.15) is 12.7 Å². The molecule has 1 aliphatic heterocycles. The quantitative estimate of drug-likeness (QED) is 0.878. The van der Waals surface area contributed by atoms with Crippen LogP contribution in [0.3, 0.4) is 0 Å². The molecule has 4 heteroatoms. The van der Waals surface area contributed by atoms with E-state index in [1.54, 1.807) is 18.2 Å². The van der Waals surface area contributed by atoms with Crippen LogP contribution < -0.4 is 10.5 Å². The van der Waals surface area contributed by atoms with Crippen molar-refractivity contribution in [2.45, 2.75) is 12.5 Å². The minimum Gasteiger partial charge on any atom is -0.487 e. The summed E-state index contributed by atoms with van der Waals surface area (Å²) in [7, 11) is 0. The molecule has 1 atom stereocenters.